The predicted molar refractivity (Wildman–Crippen MR) is 58.0 cm³/mol. The van der Waals surface area contributed by atoms with Gasteiger partial charge in [-0.25, -0.2) is 0 Å². The summed E-state index contributed by atoms with van der Waals surface area (Å²) in [5.74, 6) is 0. The lowest BCUT2D eigenvalue weighted by atomic mass is 9.89. The topological polar surface area (TPSA) is 15.3 Å². The fourth-order valence-electron chi connectivity index (χ4n) is 1.78. The third-order valence-corrected chi connectivity index (χ3v) is 3.23. The van der Waals surface area contributed by atoms with Crippen molar-refractivity contribution >= 4 is 0 Å². The molecule has 1 unspecified atom stereocenters. The van der Waals surface area contributed by atoms with E-state index in [0.29, 0.717) is 11.5 Å². The molecule has 0 bridgehead atoms. The van der Waals surface area contributed by atoms with Crippen molar-refractivity contribution < 1.29 is 0 Å². The maximum atomic E-state index is 3.43. The van der Waals surface area contributed by atoms with Gasteiger partial charge in [-0.1, -0.05) is 20.8 Å². The first kappa shape index (κ1) is 11.0. The van der Waals surface area contributed by atoms with Gasteiger partial charge in [0.15, 0.2) is 0 Å². The van der Waals surface area contributed by atoms with Gasteiger partial charge in [-0.3, -0.25) is 4.90 Å². The summed E-state index contributed by atoms with van der Waals surface area (Å²) in [6.45, 7) is 14.1. The Kier molecular flexibility index (Phi) is 3.74. The summed E-state index contributed by atoms with van der Waals surface area (Å²) in [6.07, 6.45) is 1.27. The van der Waals surface area contributed by atoms with Crippen molar-refractivity contribution in [3.63, 3.8) is 0 Å². The Hall–Kier alpha value is -0.0800. The van der Waals surface area contributed by atoms with E-state index in [1.54, 1.807) is 0 Å². The molecule has 0 radical (unpaired) electrons. The molecule has 1 heterocycles. The summed E-state index contributed by atoms with van der Waals surface area (Å²) >= 11 is 0. The number of hydrogen-bond donors (Lipinski definition) is 1. The van der Waals surface area contributed by atoms with Crippen LogP contribution in [-0.4, -0.2) is 37.1 Å². The van der Waals surface area contributed by atoms with Crippen molar-refractivity contribution in [2.75, 3.05) is 26.2 Å². The van der Waals surface area contributed by atoms with Gasteiger partial charge >= 0.3 is 0 Å². The molecule has 1 N–H and O–H groups in total. The highest BCUT2D eigenvalue weighted by Gasteiger charge is 2.24. The Bertz CT molecular complexity index is 154. The molecule has 1 aliphatic heterocycles. The molecule has 1 atom stereocenters. The highest BCUT2D eigenvalue weighted by atomic mass is 15.2. The molecule has 0 aromatic heterocycles. The van der Waals surface area contributed by atoms with Crippen LogP contribution in [0, 0.1) is 5.41 Å². The Morgan fingerprint density at radius 3 is 2.69 bits per heavy atom. The predicted octanol–water partition coefficient (Wildman–Crippen LogP) is 1.72. The van der Waals surface area contributed by atoms with Crippen LogP contribution in [0.3, 0.4) is 0 Å². The molecule has 78 valence electrons. The molecule has 0 amide bonds. The van der Waals surface area contributed by atoms with E-state index in [9.17, 15) is 0 Å². The number of piperazine rings is 1. The van der Waals surface area contributed by atoms with E-state index in [2.05, 4.69) is 37.9 Å². The van der Waals surface area contributed by atoms with Crippen LogP contribution >= 0.6 is 0 Å². The van der Waals surface area contributed by atoms with Crippen molar-refractivity contribution in [2.45, 2.75) is 40.2 Å². The summed E-state index contributed by atoms with van der Waals surface area (Å²) in [6, 6.07) is 0.708. The molecule has 0 spiro atoms. The molecule has 0 saturated carbocycles. The highest BCUT2D eigenvalue weighted by Crippen LogP contribution is 2.22. The molecule has 1 rings (SSSR count). The maximum absolute atomic E-state index is 3.43. The Morgan fingerprint density at radius 2 is 2.15 bits per heavy atom. The Labute approximate surface area is 82.7 Å². The summed E-state index contributed by atoms with van der Waals surface area (Å²) in [4.78, 5) is 2.61. The number of hydrogen-bond acceptors (Lipinski definition) is 2. The minimum absolute atomic E-state index is 0.478. The van der Waals surface area contributed by atoms with Crippen LogP contribution in [0.25, 0.3) is 0 Å². The van der Waals surface area contributed by atoms with Gasteiger partial charge in [-0.2, -0.15) is 0 Å². The second kappa shape index (κ2) is 4.43. The second-order valence-electron chi connectivity index (χ2n) is 5.04. The first-order valence-corrected chi connectivity index (χ1v) is 5.50. The van der Waals surface area contributed by atoms with Gasteiger partial charge in [-0.15, -0.1) is 0 Å². The fraction of sp³-hybridized carbons (Fsp3) is 1.00. The molecule has 2 heteroatoms. The van der Waals surface area contributed by atoms with Crippen LogP contribution < -0.4 is 5.32 Å². The van der Waals surface area contributed by atoms with Crippen LogP contribution in [0.5, 0.6) is 0 Å². The molecule has 1 fully saturated rings. The van der Waals surface area contributed by atoms with Gasteiger partial charge in [-0.05, 0) is 18.8 Å². The lowest BCUT2D eigenvalue weighted by Gasteiger charge is -2.39. The fourth-order valence-corrected chi connectivity index (χ4v) is 1.78. The van der Waals surface area contributed by atoms with Crippen molar-refractivity contribution in [1.82, 2.24) is 10.2 Å². The van der Waals surface area contributed by atoms with Gasteiger partial charge in [0.25, 0.3) is 0 Å². The van der Waals surface area contributed by atoms with E-state index in [1.165, 1.54) is 19.5 Å². The van der Waals surface area contributed by atoms with E-state index in [4.69, 9.17) is 0 Å². The van der Waals surface area contributed by atoms with E-state index in [0.717, 1.165) is 13.1 Å². The van der Waals surface area contributed by atoms with Crippen LogP contribution in [0.4, 0.5) is 0 Å². The number of nitrogens with one attached hydrogen (secondary N) is 1. The smallest absolute Gasteiger partial charge is 0.0193 e. The number of rotatable bonds is 3. The first-order valence-electron chi connectivity index (χ1n) is 5.50. The highest BCUT2D eigenvalue weighted by molar-refractivity contribution is 4.80. The van der Waals surface area contributed by atoms with Crippen LogP contribution in [0.15, 0.2) is 0 Å². The molecular formula is C11H24N2. The molecular weight excluding hydrogens is 160 g/mol. The van der Waals surface area contributed by atoms with Crippen molar-refractivity contribution in [3.8, 4) is 0 Å². The zero-order valence-corrected chi connectivity index (χ0v) is 9.56. The molecule has 1 saturated heterocycles. The van der Waals surface area contributed by atoms with Crippen molar-refractivity contribution in [1.29, 1.82) is 0 Å². The van der Waals surface area contributed by atoms with Crippen molar-refractivity contribution in [3.05, 3.63) is 0 Å². The zero-order chi connectivity index (χ0) is 9.90. The summed E-state index contributed by atoms with van der Waals surface area (Å²) < 4.78 is 0. The average Bonchev–Trinajstić information content (AvgIpc) is 2.09. The SMILES string of the molecule is CCC(C)(C)CN1CCNCC1C. The normalized spacial score (nSPS) is 26.3. The molecule has 2 nitrogen and oxygen atoms in total. The quantitative estimate of drug-likeness (QED) is 0.718. The average molecular weight is 184 g/mol. The molecule has 13 heavy (non-hydrogen) atoms. The minimum atomic E-state index is 0.478. The standard InChI is InChI=1S/C11H24N2/c1-5-11(3,4)9-13-7-6-12-8-10(13)2/h10,12H,5-9H2,1-4H3. The maximum Gasteiger partial charge on any atom is 0.0193 e. The Balaban J connectivity index is 2.42. The minimum Gasteiger partial charge on any atom is -0.314 e. The van der Waals surface area contributed by atoms with E-state index in [-0.39, 0.29) is 0 Å². The van der Waals surface area contributed by atoms with Gasteiger partial charge < -0.3 is 5.32 Å². The van der Waals surface area contributed by atoms with Crippen LogP contribution in [0.1, 0.15) is 34.1 Å². The Morgan fingerprint density at radius 1 is 1.46 bits per heavy atom. The molecule has 1 aliphatic rings. The third-order valence-electron chi connectivity index (χ3n) is 3.23. The second-order valence-corrected chi connectivity index (χ2v) is 5.04. The number of nitrogens with zero attached hydrogens (tertiary/aromatic N) is 1. The monoisotopic (exact) mass is 184 g/mol. The first-order chi connectivity index (χ1) is 6.05. The van der Waals surface area contributed by atoms with E-state index in [1.807, 2.05) is 0 Å². The van der Waals surface area contributed by atoms with Gasteiger partial charge in [0.2, 0.25) is 0 Å². The van der Waals surface area contributed by atoms with E-state index < -0.39 is 0 Å². The van der Waals surface area contributed by atoms with Gasteiger partial charge in [0.1, 0.15) is 0 Å². The van der Waals surface area contributed by atoms with Gasteiger partial charge in [0, 0.05) is 32.2 Å². The largest absolute Gasteiger partial charge is 0.314 e. The van der Waals surface area contributed by atoms with Crippen LogP contribution in [-0.2, 0) is 0 Å². The lowest BCUT2D eigenvalue weighted by Crippen LogP contribution is -2.52. The summed E-state index contributed by atoms with van der Waals surface area (Å²) in [5, 5.41) is 3.43. The lowest BCUT2D eigenvalue weighted by molar-refractivity contribution is 0.112. The van der Waals surface area contributed by atoms with Crippen molar-refractivity contribution in [2.24, 2.45) is 5.41 Å². The van der Waals surface area contributed by atoms with Crippen LogP contribution in [0.2, 0.25) is 0 Å². The third kappa shape index (κ3) is 3.28. The van der Waals surface area contributed by atoms with Gasteiger partial charge in [0.05, 0.1) is 0 Å². The van der Waals surface area contributed by atoms with E-state index >= 15 is 0 Å². The zero-order valence-electron chi connectivity index (χ0n) is 9.56. The molecule has 0 aromatic rings. The summed E-state index contributed by atoms with van der Waals surface area (Å²) in [5.41, 5.74) is 0.478. The summed E-state index contributed by atoms with van der Waals surface area (Å²) in [7, 11) is 0. The molecule has 0 aromatic carbocycles. The molecule has 0 aliphatic carbocycles.